The van der Waals surface area contributed by atoms with Crippen molar-refractivity contribution in [2.24, 2.45) is 0 Å². The number of thioether (sulfide) groups is 1. The molecular weight excluding hydrogens is 284 g/mol. The van der Waals surface area contributed by atoms with E-state index in [4.69, 9.17) is 11.6 Å². The van der Waals surface area contributed by atoms with Gasteiger partial charge in [0.05, 0.1) is 5.75 Å². The lowest BCUT2D eigenvalue weighted by Crippen LogP contribution is -2.24. The summed E-state index contributed by atoms with van der Waals surface area (Å²) in [6.07, 6.45) is 0. The monoisotopic (exact) mass is 294 g/mol. The average molecular weight is 295 g/mol. The number of carbonyl (C=O) groups is 2. The van der Waals surface area contributed by atoms with Gasteiger partial charge in [-0.25, -0.2) is 0 Å². The van der Waals surface area contributed by atoms with Crippen LogP contribution in [0.2, 0.25) is 0 Å². The number of hydrogen-bond acceptors (Lipinski definition) is 6. The van der Waals surface area contributed by atoms with Crippen molar-refractivity contribution in [3.63, 3.8) is 0 Å². The predicted molar refractivity (Wildman–Crippen MR) is 68.7 cm³/mol. The third-order valence-corrected chi connectivity index (χ3v) is 3.69. The highest BCUT2D eigenvalue weighted by molar-refractivity contribution is 8.01. The van der Waals surface area contributed by atoms with Gasteiger partial charge in [-0.2, -0.15) is 0 Å². The maximum Gasteiger partial charge on any atom is 0.241 e. The normalized spacial score (nSPS) is 10.0. The Morgan fingerprint density at radius 3 is 2.82 bits per heavy atom. The van der Waals surface area contributed by atoms with Crippen LogP contribution in [0.15, 0.2) is 4.34 Å². The Labute approximate surface area is 112 Å². The van der Waals surface area contributed by atoms with Crippen molar-refractivity contribution < 1.29 is 9.59 Å². The van der Waals surface area contributed by atoms with Gasteiger partial charge < -0.3 is 5.32 Å². The second-order valence-corrected chi connectivity index (χ2v) is 5.26. The molecule has 0 fully saturated rings. The maximum absolute atomic E-state index is 11.2. The van der Waals surface area contributed by atoms with E-state index in [0.717, 1.165) is 0 Å². The Kier molecular flexibility index (Phi) is 6.23. The average Bonchev–Trinajstić information content (AvgIpc) is 2.74. The van der Waals surface area contributed by atoms with E-state index < -0.39 is 0 Å². The van der Waals surface area contributed by atoms with Crippen molar-refractivity contribution in [1.29, 1.82) is 0 Å². The highest BCUT2D eigenvalue weighted by atomic mass is 35.5. The number of amides is 2. The zero-order valence-electron chi connectivity index (χ0n) is 9.03. The Hall–Kier alpha value is -0.860. The molecule has 1 aromatic rings. The summed E-state index contributed by atoms with van der Waals surface area (Å²) >= 11 is 7.81. The molecule has 1 rings (SSSR count). The fourth-order valence-electron chi connectivity index (χ4n) is 0.847. The van der Waals surface area contributed by atoms with E-state index in [-0.39, 0.29) is 23.4 Å². The molecule has 2 amide bonds. The molecule has 0 aliphatic rings. The van der Waals surface area contributed by atoms with Crippen LogP contribution in [0.25, 0.3) is 0 Å². The van der Waals surface area contributed by atoms with E-state index in [1.165, 1.54) is 23.1 Å². The predicted octanol–water partition coefficient (Wildman–Crippen LogP) is 0.944. The smallest absolute Gasteiger partial charge is 0.241 e. The lowest BCUT2D eigenvalue weighted by atomic mass is 10.6. The first-order valence-electron chi connectivity index (χ1n) is 4.74. The van der Waals surface area contributed by atoms with Crippen LogP contribution in [-0.4, -0.2) is 40.2 Å². The quantitative estimate of drug-likeness (QED) is 0.463. The van der Waals surface area contributed by atoms with E-state index in [1.54, 1.807) is 0 Å². The summed E-state index contributed by atoms with van der Waals surface area (Å²) in [5.41, 5.74) is 0. The number of alkyl halides is 1. The fourth-order valence-corrected chi connectivity index (χ4v) is 2.51. The molecule has 1 heterocycles. The largest absolute Gasteiger partial charge is 0.356 e. The molecule has 0 unspecified atom stereocenters. The third-order valence-electron chi connectivity index (χ3n) is 1.47. The summed E-state index contributed by atoms with van der Waals surface area (Å²) in [6, 6.07) is 0. The van der Waals surface area contributed by atoms with Crippen LogP contribution >= 0.6 is 34.7 Å². The second kappa shape index (κ2) is 7.46. The van der Waals surface area contributed by atoms with Gasteiger partial charge in [0.2, 0.25) is 16.9 Å². The molecular formula is C8H11ClN4O2S2. The van der Waals surface area contributed by atoms with E-state index in [1.807, 2.05) is 6.92 Å². The Balaban J connectivity index is 2.40. The standard InChI is InChI=1S/C8H11ClN4O2S2/c1-2-10-6(15)4-16-8-13-12-7(17-8)11-5(14)3-9/h2-4H2,1H3,(H,10,15)(H,11,12,14). The zero-order chi connectivity index (χ0) is 12.7. The van der Waals surface area contributed by atoms with Crippen LogP contribution in [0.5, 0.6) is 0 Å². The number of nitrogens with one attached hydrogen (secondary N) is 2. The fraction of sp³-hybridized carbons (Fsp3) is 0.500. The summed E-state index contributed by atoms with van der Waals surface area (Å²) in [7, 11) is 0. The maximum atomic E-state index is 11.2. The first kappa shape index (κ1) is 14.2. The minimum absolute atomic E-state index is 0.0564. The van der Waals surface area contributed by atoms with Gasteiger partial charge in [0.25, 0.3) is 0 Å². The lowest BCUT2D eigenvalue weighted by Gasteiger charge is -1.98. The summed E-state index contributed by atoms with van der Waals surface area (Å²) in [6.45, 7) is 2.46. The summed E-state index contributed by atoms with van der Waals surface area (Å²) in [5, 5.41) is 13.1. The van der Waals surface area contributed by atoms with E-state index in [2.05, 4.69) is 20.8 Å². The molecule has 17 heavy (non-hydrogen) atoms. The Morgan fingerprint density at radius 1 is 1.41 bits per heavy atom. The molecule has 0 aliphatic carbocycles. The minimum Gasteiger partial charge on any atom is -0.356 e. The van der Waals surface area contributed by atoms with Crippen LogP contribution in [-0.2, 0) is 9.59 Å². The topological polar surface area (TPSA) is 84.0 Å². The van der Waals surface area contributed by atoms with Crippen LogP contribution in [0.1, 0.15) is 6.92 Å². The molecule has 0 atom stereocenters. The molecule has 9 heteroatoms. The van der Waals surface area contributed by atoms with Crippen LogP contribution < -0.4 is 10.6 Å². The highest BCUT2D eigenvalue weighted by Crippen LogP contribution is 2.25. The van der Waals surface area contributed by atoms with Gasteiger partial charge in [0, 0.05) is 6.54 Å². The second-order valence-electron chi connectivity index (χ2n) is 2.80. The van der Waals surface area contributed by atoms with Gasteiger partial charge in [0.1, 0.15) is 5.88 Å². The number of rotatable bonds is 6. The first-order valence-corrected chi connectivity index (χ1v) is 7.08. The minimum atomic E-state index is -0.330. The zero-order valence-corrected chi connectivity index (χ0v) is 11.4. The van der Waals surface area contributed by atoms with Crippen molar-refractivity contribution in [2.75, 3.05) is 23.5 Å². The van der Waals surface area contributed by atoms with E-state index in [9.17, 15) is 9.59 Å². The van der Waals surface area contributed by atoms with Crippen molar-refractivity contribution in [3.8, 4) is 0 Å². The molecule has 1 aromatic heterocycles. The first-order chi connectivity index (χ1) is 8.15. The summed E-state index contributed by atoms with van der Waals surface area (Å²) in [5.74, 6) is -0.227. The van der Waals surface area contributed by atoms with Crippen LogP contribution in [0.3, 0.4) is 0 Å². The molecule has 0 radical (unpaired) electrons. The van der Waals surface area contributed by atoms with Gasteiger partial charge in [-0.3, -0.25) is 14.9 Å². The lowest BCUT2D eigenvalue weighted by molar-refractivity contribution is -0.118. The molecule has 0 saturated carbocycles. The number of hydrogen-bond donors (Lipinski definition) is 2. The molecule has 0 saturated heterocycles. The summed E-state index contributed by atoms with van der Waals surface area (Å²) < 4.78 is 0.626. The number of carbonyl (C=O) groups excluding carboxylic acids is 2. The van der Waals surface area contributed by atoms with Crippen LogP contribution in [0.4, 0.5) is 5.13 Å². The van der Waals surface area contributed by atoms with Crippen molar-refractivity contribution in [3.05, 3.63) is 0 Å². The Morgan fingerprint density at radius 2 is 2.18 bits per heavy atom. The number of halogens is 1. The number of anilines is 1. The molecule has 0 aliphatic heterocycles. The van der Waals surface area contributed by atoms with Gasteiger partial charge in [0.15, 0.2) is 4.34 Å². The van der Waals surface area contributed by atoms with Gasteiger partial charge >= 0.3 is 0 Å². The van der Waals surface area contributed by atoms with Crippen molar-refractivity contribution in [1.82, 2.24) is 15.5 Å². The molecule has 2 N–H and O–H groups in total. The number of aromatic nitrogens is 2. The van der Waals surface area contributed by atoms with E-state index >= 15 is 0 Å². The molecule has 0 spiro atoms. The number of nitrogens with zero attached hydrogens (tertiary/aromatic N) is 2. The SMILES string of the molecule is CCNC(=O)CSc1nnc(NC(=O)CCl)s1. The Bertz CT molecular complexity index is 399. The van der Waals surface area contributed by atoms with Crippen molar-refractivity contribution >= 4 is 51.6 Å². The van der Waals surface area contributed by atoms with Gasteiger partial charge in [-0.1, -0.05) is 23.1 Å². The molecule has 94 valence electrons. The molecule has 0 aromatic carbocycles. The van der Waals surface area contributed by atoms with Gasteiger partial charge in [-0.15, -0.1) is 21.8 Å². The van der Waals surface area contributed by atoms with Crippen LogP contribution in [0, 0.1) is 0 Å². The molecule has 6 nitrogen and oxygen atoms in total. The highest BCUT2D eigenvalue weighted by Gasteiger charge is 2.09. The van der Waals surface area contributed by atoms with Crippen molar-refractivity contribution in [2.45, 2.75) is 11.3 Å². The van der Waals surface area contributed by atoms with E-state index in [0.29, 0.717) is 16.0 Å². The van der Waals surface area contributed by atoms with Gasteiger partial charge in [-0.05, 0) is 6.92 Å². The molecule has 0 bridgehead atoms. The summed E-state index contributed by atoms with van der Waals surface area (Å²) in [4.78, 5) is 22.2. The third kappa shape index (κ3) is 5.33.